The van der Waals surface area contributed by atoms with Gasteiger partial charge in [0, 0.05) is 6.07 Å². The van der Waals surface area contributed by atoms with Crippen molar-refractivity contribution < 1.29 is 9.66 Å². The molecule has 0 bridgehead atoms. The molecule has 13 heavy (non-hydrogen) atoms. The van der Waals surface area contributed by atoms with Crippen molar-refractivity contribution in [1.29, 1.82) is 0 Å². The first-order valence-electron chi connectivity index (χ1n) is 3.55. The minimum absolute atomic E-state index is 0.0695. The lowest BCUT2D eigenvalue weighted by atomic mass is 10.2. The normalized spacial score (nSPS) is 9.77. The van der Waals surface area contributed by atoms with Crippen LogP contribution in [0.15, 0.2) is 16.6 Å². The summed E-state index contributed by atoms with van der Waals surface area (Å²) >= 11 is 3.24. The summed E-state index contributed by atoms with van der Waals surface area (Å²) in [5.41, 5.74) is 0.599. The molecule has 0 N–H and O–H groups in total. The molecule has 0 heterocycles. The van der Waals surface area contributed by atoms with Gasteiger partial charge in [-0.1, -0.05) is 0 Å². The predicted molar refractivity (Wildman–Crippen MR) is 52.1 cm³/mol. The SMILES string of the molecule is COc1c(Br)ccc([N+](=O)[O-])c1C. The molecule has 0 aliphatic heterocycles. The number of nitro benzene ring substituents is 1. The monoisotopic (exact) mass is 245 g/mol. The zero-order valence-electron chi connectivity index (χ0n) is 7.20. The lowest BCUT2D eigenvalue weighted by Crippen LogP contribution is -1.95. The van der Waals surface area contributed by atoms with Crippen LogP contribution >= 0.6 is 15.9 Å². The molecule has 0 saturated heterocycles. The molecule has 0 amide bonds. The van der Waals surface area contributed by atoms with Crippen molar-refractivity contribution in [2.24, 2.45) is 0 Å². The van der Waals surface area contributed by atoms with E-state index in [4.69, 9.17) is 4.74 Å². The largest absolute Gasteiger partial charge is 0.495 e. The van der Waals surface area contributed by atoms with Crippen molar-refractivity contribution >= 4 is 21.6 Å². The van der Waals surface area contributed by atoms with Gasteiger partial charge in [-0.15, -0.1) is 0 Å². The summed E-state index contributed by atoms with van der Waals surface area (Å²) < 4.78 is 5.74. The Hall–Kier alpha value is -1.10. The van der Waals surface area contributed by atoms with Crippen LogP contribution in [0.5, 0.6) is 5.75 Å². The first kappa shape index (κ1) is 9.98. The molecule has 0 atom stereocenters. The van der Waals surface area contributed by atoms with Crippen molar-refractivity contribution in [3.05, 3.63) is 32.3 Å². The minimum Gasteiger partial charge on any atom is -0.495 e. The first-order chi connectivity index (χ1) is 6.07. The van der Waals surface area contributed by atoms with Gasteiger partial charge in [0.15, 0.2) is 0 Å². The van der Waals surface area contributed by atoms with Crippen LogP contribution in [0.1, 0.15) is 5.56 Å². The van der Waals surface area contributed by atoms with Crippen LogP contribution in [-0.2, 0) is 0 Å². The number of rotatable bonds is 2. The first-order valence-corrected chi connectivity index (χ1v) is 4.34. The molecule has 1 aromatic rings. The molecule has 1 aromatic carbocycles. The lowest BCUT2D eigenvalue weighted by Gasteiger charge is -2.06. The molecule has 0 spiro atoms. The Balaban J connectivity index is 3.35. The Kier molecular flexibility index (Phi) is 2.87. The number of halogens is 1. The van der Waals surface area contributed by atoms with Crippen molar-refractivity contribution in [3.8, 4) is 5.75 Å². The van der Waals surface area contributed by atoms with E-state index >= 15 is 0 Å². The smallest absolute Gasteiger partial charge is 0.276 e. The van der Waals surface area contributed by atoms with Crippen molar-refractivity contribution in [1.82, 2.24) is 0 Å². The average Bonchev–Trinajstić information content (AvgIpc) is 2.04. The highest BCUT2D eigenvalue weighted by Gasteiger charge is 2.16. The molecule has 0 fully saturated rings. The molecular weight excluding hydrogens is 238 g/mol. The van der Waals surface area contributed by atoms with E-state index in [9.17, 15) is 10.1 Å². The molecule has 0 radical (unpaired) electrons. The predicted octanol–water partition coefficient (Wildman–Crippen LogP) is 2.67. The summed E-state index contributed by atoms with van der Waals surface area (Å²) in [4.78, 5) is 10.1. The molecule has 0 unspecified atom stereocenters. The Morgan fingerprint density at radius 2 is 2.15 bits per heavy atom. The topological polar surface area (TPSA) is 52.4 Å². The van der Waals surface area contributed by atoms with Crippen LogP contribution in [-0.4, -0.2) is 12.0 Å². The highest BCUT2D eigenvalue weighted by atomic mass is 79.9. The van der Waals surface area contributed by atoms with Crippen LogP contribution in [0.2, 0.25) is 0 Å². The summed E-state index contributed by atoms with van der Waals surface area (Å²) in [7, 11) is 1.48. The van der Waals surface area contributed by atoms with E-state index in [1.165, 1.54) is 13.2 Å². The van der Waals surface area contributed by atoms with E-state index in [2.05, 4.69) is 15.9 Å². The zero-order valence-corrected chi connectivity index (χ0v) is 8.79. The summed E-state index contributed by atoms with van der Waals surface area (Å²) in [6.45, 7) is 1.65. The van der Waals surface area contributed by atoms with Gasteiger partial charge in [0.05, 0.1) is 22.1 Å². The van der Waals surface area contributed by atoms with Crippen LogP contribution < -0.4 is 4.74 Å². The highest BCUT2D eigenvalue weighted by Crippen LogP contribution is 2.34. The Morgan fingerprint density at radius 3 is 2.62 bits per heavy atom. The summed E-state index contributed by atoms with van der Waals surface area (Å²) in [6, 6.07) is 3.05. The quantitative estimate of drug-likeness (QED) is 0.595. The fourth-order valence-electron chi connectivity index (χ4n) is 1.10. The van der Waals surface area contributed by atoms with Gasteiger partial charge in [0.25, 0.3) is 5.69 Å². The third-order valence-electron chi connectivity index (χ3n) is 1.73. The second kappa shape index (κ2) is 3.74. The van der Waals surface area contributed by atoms with E-state index in [0.717, 1.165) is 4.47 Å². The van der Waals surface area contributed by atoms with Gasteiger partial charge in [-0.25, -0.2) is 0 Å². The second-order valence-corrected chi connectivity index (χ2v) is 3.34. The van der Waals surface area contributed by atoms with Gasteiger partial charge in [0.2, 0.25) is 0 Å². The summed E-state index contributed by atoms with van der Waals surface area (Å²) in [5, 5.41) is 10.5. The van der Waals surface area contributed by atoms with E-state index in [0.29, 0.717) is 11.3 Å². The van der Waals surface area contributed by atoms with E-state index in [1.54, 1.807) is 13.0 Å². The Bertz CT molecular complexity index is 351. The van der Waals surface area contributed by atoms with E-state index in [1.807, 2.05) is 0 Å². The van der Waals surface area contributed by atoms with E-state index < -0.39 is 4.92 Å². The van der Waals surface area contributed by atoms with Gasteiger partial charge in [-0.05, 0) is 28.9 Å². The van der Waals surface area contributed by atoms with Gasteiger partial charge < -0.3 is 4.74 Å². The molecular formula is C8H8BrNO3. The number of hydrogen-bond acceptors (Lipinski definition) is 3. The van der Waals surface area contributed by atoms with Gasteiger partial charge in [-0.2, -0.15) is 0 Å². The fourth-order valence-corrected chi connectivity index (χ4v) is 1.69. The number of ether oxygens (including phenoxy) is 1. The lowest BCUT2D eigenvalue weighted by molar-refractivity contribution is -0.385. The van der Waals surface area contributed by atoms with Crippen LogP contribution in [0.4, 0.5) is 5.69 Å². The van der Waals surface area contributed by atoms with Crippen LogP contribution in [0.3, 0.4) is 0 Å². The van der Waals surface area contributed by atoms with Gasteiger partial charge >= 0.3 is 0 Å². The Morgan fingerprint density at radius 1 is 1.54 bits per heavy atom. The molecule has 70 valence electrons. The fraction of sp³-hybridized carbons (Fsp3) is 0.250. The molecule has 5 heteroatoms. The van der Waals surface area contributed by atoms with Crippen LogP contribution in [0.25, 0.3) is 0 Å². The molecule has 0 aromatic heterocycles. The maximum absolute atomic E-state index is 10.5. The maximum atomic E-state index is 10.5. The Labute approximate surface area is 83.8 Å². The minimum atomic E-state index is -0.426. The third kappa shape index (κ3) is 1.80. The number of hydrogen-bond donors (Lipinski definition) is 0. The number of nitro groups is 1. The number of benzene rings is 1. The van der Waals surface area contributed by atoms with Gasteiger partial charge in [0.1, 0.15) is 5.75 Å². The average molecular weight is 246 g/mol. The van der Waals surface area contributed by atoms with Crippen molar-refractivity contribution in [2.75, 3.05) is 7.11 Å². The third-order valence-corrected chi connectivity index (χ3v) is 2.35. The van der Waals surface area contributed by atoms with Gasteiger partial charge in [-0.3, -0.25) is 10.1 Å². The van der Waals surface area contributed by atoms with Crippen molar-refractivity contribution in [2.45, 2.75) is 6.92 Å². The van der Waals surface area contributed by atoms with Crippen LogP contribution in [0, 0.1) is 17.0 Å². The molecule has 0 aliphatic carbocycles. The van der Waals surface area contributed by atoms with E-state index in [-0.39, 0.29) is 5.69 Å². The van der Waals surface area contributed by atoms with Crippen molar-refractivity contribution in [3.63, 3.8) is 0 Å². The second-order valence-electron chi connectivity index (χ2n) is 2.48. The maximum Gasteiger partial charge on any atom is 0.276 e. The molecule has 0 aliphatic rings. The molecule has 4 nitrogen and oxygen atoms in total. The molecule has 1 rings (SSSR count). The number of methoxy groups -OCH3 is 1. The highest BCUT2D eigenvalue weighted by molar-refractivity contribution is 9.10. The summed E-state index contributed by atoms with van der Waals surface area (Å²) in [6.07, 6.45) is 0. The molecule has 0 saturated carbocycles. The standard InChI is InChI=1S/C8H8BrNO3/c1-5-7(10(11)12)4-3-6(9)8(5)13-2/h3-4H,1-2H3. The zero-order chi connectivity index (χ0) is 10.0. The number of nitrogens with zero attached hydrogens (tertiary/aromatic N) is 1. The summed E-state index contributed by atoms with van der Waals surface area (Å²) in [5.74, 6) is 0.509.